The van der Waals surface area contributed by atoms with Gasteiger partial charge in [0.1, 0.15) is 4.75 Å². The topological polar surface area (TPSA) is 46.2 Å². The number of carbonyl (C=O) groups is 2. The van der Waals surface area contributed by atoms with E-state index in [9.17, 15) is 9.59 Å². The molecule has 1 aliphatic carbocycles. The normalized spacial score (nSPS) is 29.3. The van der Waals surface area contributed by atoms with Crippen LogP contribution >= 0.6 is 11.8 Å². The summed E-state index contributed by atoms with van der Waals surface area (Å²) in [6.07, 6.45) is 9.23. The molecule has 2 fully saturated rings. The van der Waals surface area contributed by atoms with Crippen molar-refractivity contribution in [3.8, 4) is 0 Å². The molecule has 128 valence electrons. The van der Waals surface area contributed by atoms with Crippen molar-refractivity contribution in [3.05, 3.63) is 0 Å². The predicted octanol–water partition coefficient (Wildman–Crippen LogP) is 4.55. The minimum atomic E-state index is -0.404. The first kappa shape index (κ1) is 19.5. The molecular weight excluding hydrogens is 294 g/mol. The maximum Gasteiger partial charge on any atom is 0.243 e. The van der Waals surface area contributed by atoms with Gasteiger partial charge < -0.3 is 0 Å². The lowest BCUT2D eigenvalue weighted by atomic mass is 9.63. The van der Waals surface area contributed by atoms with Gasteiger partial charge in [-0.15, -0.1) is 11.8 Å². The molecular formula is C18H33NO2S. The van der Waals surface area contributed by atoms with Gasteiger partial charge in [-0.1, -0.05) is 59.8 Å². The van der Waals surface area contributed by atoms with Gasteiger partial charge in [0.2, 0.25) is 11.8 Å². The quantitative estimate of drug-likeness (QED) is 0.499. The molecule has 1 heterocycles. The minimum absolute atomic E-state index is 0.000319. The highest BCUT2D eigenvalue weighted by molar-refractivity contribution is 8.01. The van der Waals surface area contributed by atoms with E-state index >= 15 is 0 Å². The summed E-state index contributed by atoms with van der Waals surface area (Å²) in [7, 11) is 0. The smallest absolute Gasteiger partial charge is 0.243 e. The Kier molecular flexibility index (Phi) is 8.52. The Labute approximate surface area is 140 Å². The molecule has 3 atom stereocenters. The molecule has 2 amide bonds. The second kappa shape index (κ2) is 9.59. The van der Waals surface area contributed by atoms with Crippen LogP contribution in [0.2, 0.25) is 0 Å². The number of amides is 2. The number of nitrogens with one attached hydrogen (secondary N) is 1. The largest absolute Gasteiger partial charge is 0.295 e. The Bertz CT molecular complexity index is 372. The lowest BCUT2D eigenvalue weighted by molar-refractivity contribution is -0.125. The van der Waals surface area contributed by atoms with Crippen LogP contribution in [0, 0.1) is 11.8 Å². The molecule has 2 rings (SSSR count). The van der Waals surface area contributed by atoms with Crippen LogP contribution in [0.25, 0.3) is 0 Å². The summed E-state index contributed by atoms with van der Waals surface area (Å²) >= 11 is 1.77. The van der Waals surface area contributed by atoms with Gasteiger partial charge in [-0.25, -0.2) is 0 Å². The number of rotatable bonds is 9. The van der Waals surface area contributed by atoms with Crippen LogP contribution in [0.1, 0.15) is 79.1 Å². The van der Waals surface area contributed by atoms with Crippen molar-refractivity contribution in [1.82, 2.24) is 5.32 Å². The Morgan fingerprint density at radius 1 is 1.09 bits per heavy atom. The fraction of sp³-hybridized carbons (Fsp3) is 0.889. The molecule has 0 radical (unpaired) electrons. The van der Waals surface area contributed by atoms with Gasteiger partial charge in [0, 0.05) is 0 Å². The van der Waals surface area contributed by atoms with Crippen molar-refractivity contribution in [3.63, 3.8) is 0 Å². The van der Waals surface area contributed by atoms with Crippen molar-refractivity contribution >= 4 is 23.6 Å². The Morgan fingerprint density at radius 2 is 1.77 bits per heavy atom. The van der Waals surface area contributed by atoms with Crippen LogP contribution in [0.15, 0.2) is 0 Å². The van der Waals surface area contributed by atoms with Crippen molar-refractivity contribution in [2.75, 3.05) is 5.75 Å². The van der Waals surface area contributed by atoms with Crippen molar-refractivity contribution in [1.29, 1.82) is 0 Å². The Balaban J connectivity index is 0.00000116. The molecule has 1 aliphatic heterocycles. The van der Waals surface area contributed by atoms with Crippen LogP contribution in [0.5, 0.6) is 0 Å². The standard InChI is InChI=1S/C16H27NO2S.C2H6/c1-3-5-7-8-10-20-16-12(9-6-4-2)11-13(16)14(18)17-15(16)19;1-2/h12-13H,3-11H2,1-2H3,(H,17,18,19);1-2H3/t12-,13+,16-;/m0./s1. The average Bonchev–Trinajstić information content (AvgIpc) is 2.69. The monoisotopic (exact) mass is 327 g/mol. The molecule has 2 aliphatic rings. The average molecular weight is 328 g/mol. The van der Waals surface area contributed by atoms with E-state index in [0.717, 1.165) is 37.9 Å². The summed E-state index contributed by atoms with van der Waals surface area (Å²) in [6, 6.07) is 0. The molecule has 22 heavy (non-hydrogen) atoms. The van der Waals surface area contributed by atoms with E-state index < -0.39 is 4.75 Å². The zero-order valence-corrected chi connectivity index (χ0v) is 15.6. The summed E-state index contributed by atoms with van der Waals surface area (Å²) < 4.78 is -0.404. The molecule has 1 saturated heterocycles. The fourth-order valence-electron chi connectivity index (χ4n) is 3.54. The molecule has 0 aromatic carbocycles. The second-order valence-electron chi connectivity index (χ2n) is 6.15. The van der Waals surface area contributed by atoms with Crippen LogP contribution < -0.4 is 5.32 Å². The van der Waals surface area contributed by atoms with Gasteiger partial charge in [0.05, 0.1) is 5.92 Å². The van der Waals surface area contributed by atoms with E-state index in [0.29, 0.717) is 5.92 Å². The van der Waals surface area contributed by atoms with E-state index in [2.05, 4.69) is 19.2 Å². The van der Waals surface area contributed by atoms with Crippen LogP contribution in [-0.4, -0.2) is 22.3 Å². The van der Waals surface area contributed by atoms with Gasteiger partial charge >= 0.3 is 0 Å². The van der Waals surface area contributed by atoms with Crippen LogP contribution in [0.3, 0.4) is 0 Å². The van der Waals surface area contributed by atoms with E-state index in [-0.39, 0.29) is 17.7 Å². The Morgan fingerprint density at radius 3 is 2.36 bits per heavy atom. The molecule has 0 spiro atoms. The lowest BCUT2D eigenvalue weighted by Crippen LogP contribution is -2.56. The number of unbranched alkanes of at least 4 members (excludes halogenated alkanes) is 4. The highest BCUT2D eigenvalue weighted by Crippen LogP contribution is 2.58. The number of carbonyl (C=O) groups excluding carboxylic acids is 2. The van der Waals surface area contributed by atoms with Crippen molar-refractivity contribution < 1.29 is 9.59 Å². The first-order valence-corrected chi connectivity index (χ1v) is 10.1. The number of thioether (sulfide) groups is 1. The number of imide groups is 1. The number of fused-ring (bicyclic) bond motifs is 1. The first-order chi connectivity index (χ1) is 10.7. The third-order valence-electron chi connectivity index (χ3n) is 4.80. The third-order valence-corrected chi connectivity index (χ3v) is 6.57. The van der Waals surface area contributed by atoms with E-state index in [1.165, 1.54) is 19.3 Å². The first-order valence-electron chi connectivity index (χ1n) is 9.16. The molecule has 0 bridgehead atoms. The molecule has 4 heteroatoms. The summed E-state index contributed by atoms with van der Waals surface area (Å²) in [6.45, 7) is 8.39. The van der Waals surface area contributed by atoms with Gasteiger partial charge in [0.15, 0.2) is 0 Å². The maximum atomic E-state index is 12.3. The summed E-state index contributed by atoms with van der Waals surface area (Å²) in [5.41, 5.74) is 0. The van der Waals surface area contributed by atoms with Crippen LogP contribution in [-0.2, 0) is 9.59 Å². The lowest BCUT2D eigenvalue weighted by Gasteiger charge is -2.48. The molecule has 1 saturated carbocycles. The molecule has 0 aromatic heterocycles. The maximum absolute atomic E-state index is 12.3. The zero-order valence-electron chi connectivity index (χ0n) is 14.7. The summed E-state index contributed by atoms with van der Waals surface area (Å²) in [5.74, 6) is 1.35. The SMILES string of the molecule is CC.CCCCCCS[C@]12C(=O)NC(=O)[C@H]1C[C@@H]2CCCC. The summed E-state index contributed by atoms with van der Waals surface area (Å²) in [4.78, 5) is 24.2. The molecule has 1 N–H and O–H groups in total. The third kappa shape index (κ3) is 3.87. The van der Waals surface area contributed by atoms with Gasteiger partial charge in [-0.05, 0) is 30.9 Å². The van der Waals surface area contributed by atoms with Gasteiger partial charge in [0.25, 0.3) is 0 Å². The van der Waals surface area contributed by atoms with E-state index in [1.807, 2.05) is 13.8 Å². The predicted molar refractivity (Wildman–Crippen MR) is 95.0 cm³/mol. The van der Waals surface area contributed by atoms with Crippen molar-refractivity contribution in [2.24, 2.45) is 11.8 Å². The van der Waals surface area contributed by atoms with Gasteiger partial charge in [-0.2, -0.15) is 0 Å². The van der Waals surface area contributed by atoms with E-state index in [4.69, 9.17) is 0 Å². The van der Waals surface area contributed by atoms with Crippen molar-refractivity contribution in [2.45, 2.75) is 83.8 Å². The second-order valence-corrected chi connectivity index (χ2v) is 7.52. The Hall–Kier alpha value is -0.510. The highest BCUT2D eigenvalue weighted by atomic mass is 32.2. The number of hydrogen-bond acceptors (Lipinski definition) is 3. The van der Waals surface area contributed by atoms with E-state index in [1.54, 1.807) is 11.8 Å². The zero-order chi connectivity index (χ0) is 16.6. The molecule has 0 unspecified atom stereocenters. The fourth-order valence-corrected chi connectivity index (χ4v) is 5.26. The van der Waals surface area contributed by atoms with Crippen LogP contribution in [0.4, 0.5) is 0 Å². The van der Waals surface area contributed by atoms with Gasteiger partial charge in [-0.3, -0.25) is 14.9 Å². The summed E-state index contributed by atoms with van der Waals surface area (Å²) in [5, 5.41) is 2.58. The highest BCUT2D eigenvalue weighted by Gasteiger charge is 2.66. The molecule has 0 aromatic rings. The number of hydrogen-bond donors (Lipinski definition) is 1. The molecule has 3 nitrogen and oxygen atoms in total. The minimum Gasteiger partial charge on any atom is -0.295 e.